The molecule has 0 radical (unpaired) electrons. The Labute approximate surface area is 54.8 Å². The van der Waals surface area contributed by atoms with Crippen molar-refractivity contribution in [1.82, 2.24) is 0 Å². The molecule has 0 saturated carbocycles. The minimum absolute atomic E-state index is 0.903. The van der Waals surface area contributed by atoms with Crippen LogP contribution in [0.1, 0.15) is 0 Å². The van der Waals surface area contributed by atoms with E-state index in [0.29, 0.717) is 0 Å². The van der Waals surface area contributed by atoms with Crippen LogP contribution < -0.4 is 5.73 Å². The fourth-order valence-corrected chi connectivity index (χ4v) is 0. The third kappa shape index (κ3) is 23.1. The van der Waals surface area contributed by atoms with Crippen LogP contribution in [0.5, 0.6) is 0 Å². The zero-order valence-corrected chi connectivity index (χ0v) is 7.34. The van der Waals surface area contributed by atoms with Crippen molar-refractivity contribution in [3.8, 4) is 0 Å². The molecular formula is C2H4N2VW-2. The third-order valence-electron chi connectivity index (χ3n) is 0.0833. The summed E-state index contributed by atoms with van der Waals surface area (Å²) in [5.41, 5.74) is 10.6. The van der Waals surface area contributed by atoms with Crippen molar-refractivity contribution in [2.24, 2.45) is 5.73 Å². The predicted octanol–water partition coefficient (Wildman–Crippen LogP) is 0.267. The van der Waals surface area contributed by atoms with Crippen LogP contribution in [0.4, 0.5) is 0 Å². The molecule has 0 aromatic heterocycles. The molecular weight excluding hydrogens is 287 g/mol. The van der Waals surface area contributed by atoms with Crippen molar-refractivity contribution in [3.05, 3.63) is 18.1 Å². The molecule has 0 aromatic rings. The zero-order chi connectivity index (χ0) is 5.41. The van der Waals surface area contributed by atoms with Crippen molar-refractivity contribution in [1.29, 1.82) is 0 Å². The van der Waals surface area contributed by atoms with Crippen molar-refractivity contribution >= 4 is 0 Å². The molecule has 6 heavy (non-hydrogen) atoms. The first-order valence-corrected chi connectivity index (χ1v) is 7.03. The van der Waals surface area contributed by atoms with Gasteiger partial charge in [0, 0.05) is 0 Å². The van der Waals surface area contributed by atoms with Crippen LogP contribution in [0.3, 0.4) is 0 Å². The quantitative estimate of drug-likeness (QED) is 0.505. The number of hydrogen-bond acceptors (Lipinski definition) is 1. The van der Waals surface area contributed by atoms with Gasteiger partial charge in [-0.1, -0.05) is 0 Å². The third-order valence-corrected chi connectivity index (χ3v) is 0.0833. The van der Waals surface area contributed by atoms with E-state index >= 15 is 0 Å². The summed E-state index contributed by atoms with van der Waals surface area (Å²) in [6.07, 6.45) is 2.88. The van der Waals surface area contributed by atoms with E-state index in [2.05, 4.69) is 19.8 Å². The molecule has 0 atom stereocenters. The summed E-state index contributed by atoms with van der Waals surface area (Å²) >= 11 is 3.92. The maximum absolute atomic E-state index is 6.09. The van der Waals surface area contributed by atoms with Crippen molar-refractivity contribution in [2.45, 2.75) is 0 Å². The van der Waals surface area contributed by atoms with E-state index in [4.69, 9.17) is 5.73 Å². The van der Waals surface area contributed by atoms with Gasteiger partial charge >= 0.3 is 30.9 Å². The van der Waals surface area contributed by atoms with Crippen LogP contribution in [0.25, 0.3) is 5.73 Å². The van der Waals surface area contributed by atoms with Crippen LogP contribution in [-0.4, -0.2) is 0 Å². The second-order valence-electron chi connectivity index (χ2n) is 0.311. The minimum atomic E-state index is 0.903. The fourth-order valence-electron chi connectivity index (χ4n) is 0. The second kappa shape index (κ2) is 17.5. The topological polar surface area (TPSA) is 49.8 Å². The predicted molar refractivity (Wildman–Crippen MR) is 16.3 cm³/mol. The Balaban J connectivity index is 0. The van der Waals surface area contributed by atoms with Crippen LogP contribution in [0, 0.1) is 6.20 Å². The summed E-state index contributed by atoms with van der Waals surface area (Å²) in [5, 5.41) is 0. The van der Waals surface area contributed by atoms with Gasteiger partial charge in [0.25, 0.3) is 0 Å². The van der Waals surface area contributed by atoms with E-state index in [-0.39, 0.29) is 0 Å². The summed E-state index contributed by atoms with van der Waals surface area (Å²) in [6, 6.07) is 0. The molecule has 0 amide bonds. The molecule has 0 heterocycles. The SMILES string of the molecule is [NH-]C=[C-]N.[V]=[W]. The number of nitrogens with one attached hydrogen (secondary N) is 1. The average Bonchev–Trinajstić information content (AvgIpc) is 1.72. The van der Waals surface area contributed by atoms with Gasteiger partial charge in [-0.3, -0.25) is 0 Å². The van der Waals surface area contributed by atoms with E-state index in [1.807, 2.05) is 6.20 Å². The Morgan fingerprint density at radius 2 is 2.00 bits per heavy atom. The number of hydrogen-bond donors (Lipinski definition) is 1. The summed E-state index contributed by atoms with van der Waals surface area (Å²) in [6.45, 7) is 0. The van der Waals surface area contributed by atoms with E-state index < -0.39 is 0 Å². The Kier molecular flexibility index (Phi) is 28.5. The zero-order valence-electron chi connectivity index (χ0n) is 3.01. The monoisotopic (exact) mass is 291 g/mol. The van der Waals surface area contributed by atoms with Gasteiger partial charge in [-0.25, -0.2) is 0 Å². The molecule has 0 aromatic carbocycles. The molecule has 2 nitrogen and oxygen atoms in total. The van der Waals surface area contributed by atoms with Crippen LogP contribution >= 0.6 is 0 Å². The van der Waals surface area contributed by atoms with Gasteiger partial charge in [0.05, 0.1) is 0 Å². The van der Waals surface area contributed by atoms with Crippen molar-refractivity contribution in [3.63, 3.8) is 0 Å². The standard InChI is InChI=1S/C2H4N2.V.W/c3-1-2-4;;/h1,3H,4H2;;/q-2;;. The van der Waals surface area contributed by atoms with Gasteiger partial charge in [-0.15, -0.1) is 0 Å². The second-order valence-corrected chi connectivity index (χ2v) is 0.311. The Bertz CT molecular complexity index is 34.5. The van der Waals surface area contributed by atoms with Crippen LogP contribution in [0.15, 0.2) is 6.20 Å². The fraction of sp³-hybridized carbons (Fsp3) is 0. The average molecular weight is 291 g/mol. The van der Waals surface area contributed by atoms with E-state index in [9.17, 15) is 0 Å². The van der Waals surface area contributed by atoms with E-state index in [1.54, 1.807) is 0 Å². The summed E-state index contributed by atoms with van der Waals surface area (Å²) in [5.74, 6) is 0. The molecule has 0 saturated heterocycles. The molecule has 0 fully saturated rings. The van der Waals surface area contributed by atoms with Gasteiger partial charge in [0.1, 0.15) is 0 Å². The molecule has 0 bridgehead atoms. The Morgan fingerprint density at radius 1 is 1.83 bits per heavy atom. The molecule has 3 N–H and O–H groups in total. The van der Waals surface area contributed by atoms with Crippen LogP contribution in [-0.2, 0) is 30.9 Å². The summed E-state index contributed by atoms with van der Waals surface area (Å²) < 4.78 is 0. The number of nitrogens with two attached hydrogens (primary N) is 1. The van der Waals surface area contributed by atoms with Gasteiger partial charge in [0.15, 0.2) is 0 Å². The Morgan fingerprint density at radius 3 is 2.00 bits per heavy atom. The molecule has 0 rings (SSSR count). The summed E-state index contributed by atoms with van der Waals surface area (Å²) in [7, 11) is 0. The summed E-state index contributed by atoms with van der Waals surface area (Å²) in [4.78, 5) is 0. The molecule has 0 aliphatic heterocycles. The molecule has 4 heteroatoms. The first-order chi connectivity index (χ1) is 2.91. The van der Waals surface area contributed by atoms with Crippen LogP contribution in [0.2, 0.25) is 0 Å². The molecule has 0 aliphatic carbocycles. The Hall–Kier alpha value is 0.613. The van der Waals surface area contributed by atoms with Gasteiger partial charge in [0.2, 0.25) is 0 Å². The normalized spacial score (nSPS) is 6.50. The van der Waals surface area contributed by atoms with Gasteiger partial charge < -0.3 is 23.9 Å². The first-order valence-electron chi connectivity index (χ1n) is 1.05. The molecule has 0 spiro atoms. The first kappa shape index (κ1) is 9.79. The van der Waals surface area contributed by atoms with Gasteiger partial charge in [-0.05, 0) is 0 Å². The molecule has 35 valence electrons. The van der Waals surface area contributed by atoms with E-state index in [0.717, 1.165) is 6.20 Å². The number of rotatable bonds is 0. The van der Waals surface area contributed by atoms with Gasteiger partial charge in [-0.2, -0.15) is 0 Å². The van der Waals surface area contributed by atoms with E-state index in [1.165, 1.54) is 16.8 Å². The molecule has 0 unspecified atom stereocenters. The maximum atomic E-state index is 6.09. The van der Waals surface area contributed by atoms with Crippen molar-refractivity contribution < 1.29 is 30.9 Å². The molecule has 0 aliphatic rings. The van der Waals surface area contributed by atoms with Crippen molar-refractivity contribution in [2.75, 3.05) is 0 Å².